The Kier molecular flexibility index (Phi) is 6.35. The van der Waals surface area contributed by atoms with Gasteiger partial charge in [-0.2, -0.15) is 5.10 Å². The van der Waals surface area contributed by atoms with Crippen LogP contribution in [0.15, 0.2) is 30.6 Å². The van der Waals surface area contributed by atoms with Crippen molar-refractivity contribution < 1.29 is 23.1 Å². The molecule has 1 spiro atoms. The molecule has 2 fully saturated rings. The Morgan fingerprint density at radius 3 is 2.73 bits per heavy atom. The smallest absolute Gasteiger partial charge is 0.274 e. The second kappa shape index (κ2) is 9.37. The molecule has 37 heavy (non-hydrogen) atoms. The number of primary amides is 1. The Morgan fingerprint density at radius 2 is 2.03 bits per heavy atom. The van der Waals surface area contributed by atoms with E-state index in [0.29, 0.717) is 37.2 Å². The normalized spacial score (nSPS) is 23.6. The Morgan fingerprint density at radius 1 is 1.24 bits per heavy atom. The van der Waals surface area contributed by atoms with Gasteiger partial charge in [0.2, 0.25) is 11.8 Å². The highest BCUT2D eigenvalue weighted by Gasteiger charge is 2.64. The number of aromatic amines is 1. The number of carbonyl (C=O) groups excluding carboxylic acids is 2. The van der Waals surface area contributed by atoms with Crippen LogP contribution in [-0.2, 0) is 4.79 Å². The summed E-state index contributed by atoms with van der Waals surface area (Å²) in [5.74, 6) is -2.33. The molecule has 194 valence electrons. The van der Waals surface area contributed by atoms with Gasteiger partial charge in [0.25, 0.3) is 5.91 Å². The van der Waals surface area contributed by atoms with Crippen molar-refractivity contribution >= 4 is 23.4 Å². The number of methoxy groups -OCH3 is 1. The number of amides is 2. The highest BCUT2D eigenvalue weighted by molar-refractivity contribution is 6.31. The lowest BCUT2D eigenvalue weighted by Crippen LogP contribution is -2.51. The lowest BCUT2D eigenvalue weighted by Gasteiger charge is -2.40. The molecule has 2 amide bonds. The molecule has 1 saturated carbocycles. The van der Waals surface area contributed by atoms with Gasteiger partial charge in [-0.15, -0.1) is 0 Å². The van der Waals surface area contributed by atoms with Gasteiger partial charge in [-0.3, -0.25) is 19.7 Å². The summed E-state index contributed by atoms with van der Waals surface area (Å²) in [4.78, 5) is 35.5. The number of hydrogen-bond acceptors (Lipinski definition) is 6. The van der Waals surface area contributed by atoms with Crippen molar-refractivity contribution in [2.45, 2.75) is 37.6 Å². The number of hydrogen-bond donors (Lipinski definition) is 2. The number of nitrogens with one attached hydrogen (secondary N) is 1. The first kappa shape index (κ1) is 25.1. The average molecular weight is 531 g/mol. The molecular weight excluding hydrogens is 506 g/mol. The first-order valence-electron chi connectivity index (χ1n) is 11.8. The van der Waals surface area contributed by atoms with Crippen molar-refractivity contribution in [1.82, 2.24) is 25.1 Å². The molecule has 0 radical (unpaired) electrons. The van der Waals surface area contributed by atoms with Crippen molar-refractivity contribution in [2.75, 3.05) is 13.7 Å². The Bertz CT molecular complexity index is 1380. The molecule has 1 aliphatic carbocycles. The van der Waals surface area contributed by atoms with Gasteiger partial charge in [0, 0.05) is 35.5 Å². The lowest BCUT2D eigenvalue weighted by atomic mass is 9.84. The zero-order valence-electron chi connectivity index (χ0n) is 20.2. The van der Waals surface area contributed by atoms with Crippen molar-refractivity contribution in [1.29, 1.82) is 0 Å². The summed E-state index contributed by atoms with van der Waals surface area (Å²) in [6, 6.07) is 4.10. The maximum atomic E-state index is 14.4. The first-order valence-corrected chi connectivity index (χ1v) is 12.2. The van der Waals surface area contributed by atoms with E-state index in [0.717, 1.165) is 12.4 Å². The van der Waals surface area contributed by atoms with Crippen LogP contribution in [0, 0.1) is 23.5 Å². The standard InChI is InChI=1S/C25H25ClF2N6O3/c1-12(22-17(26)5-14(27)10-31-22)16-9-25(16)8-13(23(29)35)3-4-34(25)24(36)20-7-19(32-33-20)15-6-21(37-2)30-11-18(15)28/h5-7,10-13,16H,3-4,8-9H2,1-2H3,(H2,29,35)(H,32,33)/t12-,13?,16?,25?/m1/s1. The maximum absolute atomic E-state index is 14.4. The van der Waals surface area contributed by atoms with Crippen LogP contribution in [0.5, 0.6) is 5.88 Å². The van der Waals surface area contributed by atoms with Crippen molar-refractivity contribution in [3.05, 3.63) is 58.6 Å². The molecule has 2 aliphatic rings. The van der Waals surface area contributed by atoms with Crippen LogP contribution >= 0.6 is 11.6 Å². The number of carbonyl (C=O) groups is 2. The lowest BCUT2D eigenvalue weighted by molar-refractivity contribution is -0.124. The van der Waals surface area contributed by atoms with E-state index in [4.69, 9.17) is 22.1 Å². The number of nitrogens with two attached hydrogens (primary N) is 1. The zero-order valence-corrected chi connectivity index (χ0v) is 20.9. The number of halogens is 3. The fraction of sp³-hybridized carbons (Fsp3) is 0.400. The number of pyridine rings is 2. The molecule has 4 heterocycles. The second-order valence-electron chi connectivity index (χ2n) is 9.65. The van der Waals surface area contributed by atoms with E-state index in [1.165, 1.54) is 25.3 Å². The third-order valence-electron chi connectivity index (χ3n) is 7.59. The number of piperidine rings is 1. The quantitative estimate of drug-likeness (QED) is 0.500. The van der Waals surface area contributed by atoms with Crippen LogP contribution in [0.25, 0.3) is 11.3 Å². The number of aromatic nitrogens is 4. The number of nitrogens with zero attached hydrogens (tertiary/aromatic N) is 4. The molecule has 1 aliphatic heterocycles. The second-order valence-corrected chi connectivity index (χ2v) is 10.1. The van der Waals surface area contributed by atoms with Crippen LogP contribution in [0.2, 0.25) is 5.02 Å². The fourth-order valence-electron chi connectivity index (χ4n) is 5.60. The maximum Gasteiger partial charge on any atom is 0.274 e. The topological polar surface area (TPSA) is 127 Å². The van der Waals surface area contributed by atoms with Crippen LogP contribution in [0.1, 0.15) is 48.3 Å². The molecule has 12 heteroatoms. The van der Waals surface area contributed by atoms with Gasteiger partial charge >= 0.3 is 0 Å². The van der Waals surface area contributed by atoms with Crippen LogP contribution in [0.4, 0.5) is 8.78 Å². The zero-order chi connectivity index (χ0) is 26.5. The molecule has 3 unspecified atom stereocenters. The van der Waals surface area contributed by atoms with Gasteiger partial charge in [-0.05, 0) is 37.3 Å². The molecule has 5 rings (SSSR count). The molecular formula is C25H25ClF2N6O3. The van der Waals surface area contributed by atoms with Gasteiger partial charge in [-0.1, -0.05) is 18.5 Å². The summed E-state index contributed by atoms with van der Waals surface area (Å²) in [6.07, 6.45) is 3.57. The van der Waals surface area contributed by atoms with Crippen LogP contribution < -0.4 is 10.5 Å². The minimum absolute atomic E-state index is 0.0747. The average Bonchev–Trinajstić information content (AvgIpc) is 3.34. The molecule has 0 bridgehead atoms. The van der Waals surface area contributed by atoms with Crippen molar-refractivity contribution in [3.8, 4) is 17.1 Å². The first-order chi connectivity index (χ1) is 17.6. The number of likely N-dealkylation sites (tertiary alicyclic amines) is 1. The van der Waals surface area contributed by atoms with E-state index in [-0.39, 0.29) is 45.8 Å². The van der Waals surface area contributed by atoms with Crippen LogP contribution in [-0.4, -0.2) is 56.1 Å². The van der Waals surface area contributed by atoms with E-state index in [1.54, 1.807) is 4.90 Å². The fourth-order valence-corrected chi connectivity index (χ4v) is 5.92. The van der Waals surface area contributed by atoms with E-state index in [1.807, 2.05) is 6.92 Å². The summed E-state index contributed by atoms with van der Waals surface area (Å²) in [5.41, 5.74) is 6.09. The van der Waals surface area contributed by atoms with Crippen molar-refractivity contribution in [2.24, 2.45) is 17.6 Å². The summed E-state index contributed by atoms with van der Waals surface area (Å²) in [5, 5.41) is 7.09. The largest absolute Gasteiger partial charge is 0.481 e. The number of ether oxygens (including phenoxy) is 1. The molecule has 4 atom stereocenters. The summed E-state index contributed by atoms with van der Waals surface area (Å²) in [7, 11) is 1.42. The highest BCUT2D eigenvalue weighted by atomic mass is 35.5. The predicted molar refractivity (Wildman–Crippen MR) is 130 cm³/mol. The van der Waals surface area contributed by atoms with Gasteiger partial charge in [-0.25, -0.2) is 13.8 Å². The van der Waals surface area contributed by atoms with Gasteiger partial charge < -0.3 is 15.4 Å². The van der Waals surface area contributed by atoms with Gasteiger partial charge in [0.05, 0.1) is 35.9 Å². The van der Waals surface area contributed by atoms with Crippen LogP contribution in [0.3, 0.4) is 0 Å². The van der Waals surface area contributed by atoms with Gasteiger partial charge in [0.15, 0.2) is 11.5 Å². The van der Waals surface area contributed by atoms with Crippen molar-refractivity contribution in [3.63, 3.8) is 0 Å². The van der Waals surface area contributed by atoms with E-state index < -0.39 is 23.1 Å². The van der Waals surface area contributed by atoms with Gasteiger partial charge in [0.1, 0.15) is 5.82 Å². The van der Waals surface area contributed by atoms with E-state index >= 15 is 0 Å². The molecule has 3 aromatic rings. The minimum Gasteiger partial charge on any atom is -0.481 e. The molecule has 1 saturated heterocycles. The number of rotatable bonds is 6. The minimum atomic E-state index is -0.655. The molecule has 9 nitrogen and oxygen atoms in total. The summed E-state index contributed by atoms with van der Waals surface area (Å²) < 4.78 is 33.1. The van der Waals surface area contributed by atoms with E-state index in [2.05, 4.69) is 20.2 Å². The highest BCUT2D eigenvalue weighted by Crippen LogP contribution is 2.61. The molecule has 3 N–H and O–H groups in total. The van der Waals surface area contributed by atoms with E-state index in [9.17, 15) is 18.4 Å². The summed E-state index contributed by atoms with van der Waals surface area (Å²) in [6.45, 7) is 2.23. The number of H-pyrrole nitrogens is 1. The Labute approximate surface area is 216 Å². The summed E-state index contributed by atoms with van der Waals surface area (Å²) >= 11 is 6.28. The predicted octanol–water partition coefficient (Wildman–Crippen LogP) is 3.71. The molecule has 3 aromatic heterocycles. The SMILES string of the molecule is COc1cc(-c2cc(C(=O)N3CCC(C(N)=O)CC34CC4[C@@H](C)c3ncc(F)cc3Cl)n[nH]2)c(F)cn1. The third-order valence-corrected chi connectivity index (χ3v) is 7.89. The third kappa shape index (κ3) is 4.41. The molecule has 0 aromatic carbocycles. The Balaban J connectivity index is 1.44. The Hall–Kier alpha value is -3.60. The monoisotopic (exact) mass is 530 g/mol.